The van der Waals surface area contributed by atoms with E-state index in [1.807, 2.05) is 6.92 Å². The predicted molar refractivity (Wildman–Crippen MR) is 37.8 cm³/mol. The standard InChI is InChI=1S/C7H11NO3/c1-7(3-4-7)8-5(9)6(10)11-2/h3-4H2,1-2H3,(H,8,9). The topological polar surface area (TPSA) is 55.4 Å². The molecular weight excluding hydrogens is 146 g/mol. The number of hydrogen-bond acceptors (Lipinski definition) is 3. The predicted octanol–water partition coefficient (Wildman–Crippen LogP) is -0.172. The summed E-state index contributed by atoms with van der Waals surface area (Å²) in [6.07, 6.45) is 1.88. The van der Waals surface area contributed by atoms with Gasteiger partial charge in [0.25, 0.3) is 0 Å². The number of rotatable bonds is 1. The third kappa shape index (κ3) is 1.93. The van der Waals surface area contributed by atoms with Gasteiger partial charge in [-0.15, -0.1) is 0 Å². The van der Waals surface area contributed by atoms with Crippen molar-refractivity contribution in [2.75, 3.05) is 7.11 Å². The van der Waals surface area contributed by atoms with Crippen molar-refractivity contribution in [3.05, 3.63) is 0 Å². The van der Waals surface area contributed by atoms with Crippen LogP contribution in [0.1, 0.15) is 19.8 Å². The van der Waals surface area contributed by atoms with Gasteiger partial charge in [0.05, 0.1) is 7.11 Å². The fraction of sp³-hybridized carbons (Fsp3) is 0.714. The summed E-state index contributed by atoms with van der Waals surface area (Å²) in [6.45, 7) is 1.90. The zero-order valence-electron chi connectivity index (χ0n) is 6.64. The minimum absolute atomic E-state index is 0.148. The van der Waals surface area contributed by atoms with Gasteiger partial charge >= 0.3 is 11.9 Å². The minimum atomic E-state index is -0.821. The first kappa shape index (κ1) is 8.04. The summed E-state index contributed by atoms with van der Waals surface area (Å²) in [7, 11) is 1.19. The molecule has 0 heterocycles. The van der Waals surface area contributed by atoms with Gasteiger partial charge in [-0.05, 0) is 19.8 Å². The van der Waals surface area contributed by atoms with Gasteiger partial charge in [-0.3, -0.25) is 4.79 Å². The molecule has 0 saturated heterocycles. The summed E-state index contributed by atoms with van der Waals surface area (Å²) in [5.41, 5.74) is -0.148. The first-order valence-electron chi connectivity index (χ1n) is 3.48. The van der Waals surface area contributed by atoms with Gasteiger partial charge in [-0.1, -0.05) is 0 Å². The van der Waals surface area contributed by atoms with Crippen LogP contribution >= 0.6 is 0 Å². The van der Waals surface area contributed by atoms with Crippen LogP contribution in [0.2, 0.25) is 0 Å². The highest BCUT2D eigenvalue weighted by Crippen LogP contribution is 2.33. The molecular formula is C7H11NO3. The van der Waals surface area contributed by atoms with Gasteiger partial charge in [0.15, 0.2) is 0 Å². The maximum absolute atomic E-state index is 10.8. The fourth-order valence-corrected chi connectivity index (χ4v) is 0.730. The summed E-state index contributed by atoms with van der Waals surface area (Å²) in [4.78, 5) is 21.4. The van der Waals surface area contributed by atoms with Crippen molar-refractivity contribution in [3.8, 4) is 0 Å². The van der Waals surface area contributed by atoms with Crippen LogP contribution in [0.25, 0.3) is 0 Å². The number of carbonyl (C=O) groups is 2. The maximum Gasteiger partial charge on any atom is 0.396 e. The van der Waals surface area contributed by atoms with Crippen LogP contribution in [0.3, 0.4) is 0 Å². The summed E-state index contributed by atoms with van der Waals surface area (Å²) in [5.74, 6) is -1.47. The Labute approximate surface area is 64.9 Å². The molecule has 1 saturated carbocycles. The lowest BCUT2D eigenvalue weighted by molar-refractivity contribution is -0.153. The van der Waals surface area contributed by atoms with Crippen molar-refractivity contribution in [2.24, 2.45) is 0 Å². The van der Waals surface area contributed by atoms with Crippen molar-refractivity contribution < 1.29 is 14.3 Å². The Morgan fingerprint density at radius 2 is 2.00 bits per heavy atom. The molecule has 1 N–H and O–H groups in total. The molecule has 1 aliphatic carbocycles. The Hall–Kier alpha value is -1.06. The van der Waals surface area contributed by atoms with Crippen LogP contribution in [0.5, 0.6) is 0 Å². The lowest BCUT2D eigenvalue weighted by Crippen LogP contribution is -2.39. The van der Waals surface area contributed by atoms with E-state index in [9.17, 15) is 9.59 Å². The minimum Gasteiger partial charge on any atom is -0.462 e. The molecule has 0 aromatic carbocycles. The number of amides is 1. The molecule has 1 rings (SSSR count). The number of hydrogen-bond donors (Lipinski definition) is 1. The van der Waals surface area contributed by atoms with Gasteiger partial charge in [0, 0.05) is 5.54 Å². The second-order valence-corrected chi connectivity index (χ2v) is 3.01. The molecule has 11 heavy (non-hydrogen) atoms. The third-order valence-electron chi connectivity index (χ3n) is 1.79. The summed E-state index contributed by atoms with van der Waals surface area (Å²) < 4.78 is 4.23. The van der Waals surface area contributed by atoms with E-state index in [2.05, 4.69) is 10.1 Å². The van der Waals surface area contributed by atoms with Gasteiger partial charge in [0.2, 0.25) is 0 Å². The second-order valence-electron chi connectivity index (χ2n) is 3.01. The molecule has 0 spiro atoms. The molecule has 0 aromatic rings. The normalized spacial score (nSPS) is 18.7. The number of nitrogens with one attached hydrogen (secondary N) is 1. The highest BCUT2D eigenvalue weighted by atomic mass is 16.5. The van der Waals surface area contributed by atoms with E-state index in [1.165, 1.54) is 7.11 Å². The number of ether oxygens (including phenoxy) is 1. The Kier molecular flexibility index (Phi) is 1.85. The highest BCUT2D eigenvalue weighted by molar-refractivity contribution is 6.32. The molecule has 0 unspecified atom stereocenters. The van der Waals surface area contributed by atoms with Gasteiger partial charge in [-0.25, -0.2) is 4.79 Å². The summed E-state index contributed by atoms with van der Waals surface area (Å²) in [5, 5.41) is 2.57. The summed E-state index contributed by atoms with van der Waals surface area (Å²) in [6, 6.07) is 0. The Morgan fingerprint density at radius 3 is 2.36 bits per heavy atom. The van der Waals surface area contributed by atoms with E-state index in [0.29, 0.717) is 0 Å². The number of methoxy groups -OCH3 is 1. The quantitative estimate of drug-likeness (QED) is 0.424. The van der Waals surface area contributed by atoms with Gasteiger partial charge in [-0.2, -0.15) is 0 Å². The zero-order valence-corrected chi connectivity index (χ0v) is 6.64. The molecule has 0 radical (unpaired) electrons. The first-order valence-corrected chi connectivity index (χ1v) is 3.48. The van der Waals surface area contributed by atoms with E-state index < -0.39 is 11.9 Å². The van der Waals surface area contributed by atoms with Crippen molar-refractivity contribution in [1.29, 1.82) is 0 Å². The molecule has 1 fully saturated rings. The van der Waals surface area contributed by atoms with Crippen molar-refractivity contribution in [3.63, 3.8) is 0 Å². The lowest BCUT2D eigenvalue weighted by atomic mass is 10.3. The van der Waals surface area contributed by atoms with E-state index in [4.69, 9.17) is 0 Å². The number of carbonyl (C=O) groups excluding carboxylic acids is 2. The van der Waals surface area contributed by atoms with Gasteiger partial charge in [0.1, 0.15) is 0 Å². The molecule has 0 atom stereocenters. The highest BCUT2D eigenvalue weighted by Gasteiger charge is 2.40. The molecule has 4 heteroatoms. The average Bonchev–Trinajstić information content (AvgIpc) is 2.66. The maximum atomic E-state index is 10.8. The fourth-order valence-electron chi connectivity index (χ4n) is 0.730. The molecule has 1 amide bonds. The molecule has 62 valence electrons. The largest absolute Gasteiger partial charge is 0.462 e. The third-order valence-corrected chi connectivity index (χ3v) is 1.79. The smallest absolute Gasteiger partial charge is 0.396 e. The van der Waals surface area contributed by atoms with Gasteiger partial charge < -0.3 is 10.1 Å². The lowest BCUT2D eigenvalue weighted by Gasteiger charge is -2.08. The average molecular weight is 157 g/mol. The van der Waals surface area contributed by atoms with E-state index in [1.54, 1.807) is 0 Å². The van der Waals surface area contributed by atoms with Crippen LogP contribution < -0.4 is 5.32 Å². The first-order chi connectivity index (χ1) is 5.07. The molecule has 0 aromatic heterocycles. The molecule has 0 bridgehead atoms. The van der Waals surface area contributed by atoms with Crippen molar-refractivity contribution >= 4 is 11.9 Å². The molecule has 1 aliphatic rings. The Balaban J connectivity index is 2.37. The van der Waals surface area contributed by atoms with Crippen LogP contribution in [-0.2, 0) is 14.3 Å². The molecule has 0 aliphatic heterocycles. The van der Waals surface area contributed by atoms with E-state index >= 15 is 0 Å². The zero-order chi connectivity index (χ0) is 8.48. The van der Waals surface area contributed by atoms with Crippen LogP contribution in [0, 0.1) is 0 Å². The second kappa shape index (κ2) is 2.53. The van der Waals surface area contributed by atoms with Crippen LogP contribution in [-0.4, -0.2) is 24.5 Å². The number of esters is 1. The van der Waals surface area contributed by atoms with Crippen molar-refractivity contribution in [2.45, 2.75) is 25.3 Å². The van der Waals surface area contributed by atoms with Crippen molar-refractivity contribution in [1.82, 2.24) is 5.32 Å². The Bertz CT molecular complexity index is 196. The van der Waals surface area contributed by atoms with E-state index in [-0.39, 0.29) is 5.54 Å². The monoisotopic (exact) mass is 157 g/mol. The Morgan fingerprint density at radius 1 is 1.45 bits per heavy atom. The SMILES string of the molecule is COC(=O)C(=O)NC1(C)CC1. The molecule has 4 nitrogen and oxygen atoms in total. The van der Waals surface area contributed by atoms with E-state index in [0.717, 1.165) is 12.8 Å². The van der Waals surface area contributed by atoms with Crippen LogP contribution in [0.15, 0.2) is 0 Å². The van der Waals surface area contributed by atoms with Crippen LogP contribution in [0.4, 0.5) is 0 Å². The summed E-state index contributed by atoms with van der Waals surface area (Å²) >= 11 is 0.